The van der Waals surface area contributed by atoms with Crippen molar-refractivity contribution in [3.05, 3.63) is 34.9 Å². The van der Waals surface area contributed by atoms with Gasteiger partial charge in [0.2, 0.25) is 0 Å². The van der Waals surface area contributed by atoms with Gasteiger partial charge in [-0.15, -0.1) is 0 Å². The summed E-state index contributed by atoms with van der Waals surface area (Å²) in [5.74, 6) is -2.20. The average molecular weight is 263 g/mol. The molecule has 0 spiro atoms. The molecule has 6 nitrogen and oxygen atoms in total. The molecule has 0 saturated carbocycles. The molecule has 1 aromatic carbocycles. The second kappa shape index (κ2) is 4.81. The summed E-state index contributed by atoms with van der Waals surface area (Å²) >= 11 is 0. The topological polar surface area (TPSA) is 94.9 Å². The Morgan fingerprint density at radius 3 is 2.42 bits per heavy atom. The smallest absolute Gasteiger partial charge is 0.335 e. The van der Waals surface area contributed by atoms with Crippen LogP contribution < -0.4 is 0 Å². The number of aliphatic hydroxyl groups is 1. The van der Waals surface area contributed by atoms with Crippen LogP contribution in [0.4, 0.5) is 0 Å². The maximum absolute atomic E-state index is 12.1. The van der Waals surface area contributed by atoms with E-state index in [0.29, 0.717) is 6.42 Å². The maximum Gasteiger partial charge on any atom is 0.335 e. The second-order valence-electron chi connectivity index (χ2n) is 4.29. The first-order valence-electron chi connectivity index (χ1n) is 5.87. The monoisotopic (exact) mass is 263 g/mol. The molecule has 19 heavy (non-hydrogen) atoms. The summed E-state index contributed by atoms with van der Waals surface area (Å²) < 4.78 is 0. The summed E-state index contributed by atoms with van der Waals surface area (Å²) in [7, 11) is 0. The van der Waals surface area contributed by atoms with Crippen LogP contribution in [0.1, 0.15) is 44.4 Å². The van der Waals surface area contributed by atoms with Gasteiger partial charge >= 0.3 is 5.97 Å². The van der Waals surface area contributed by atoms with Crippen molar-refractivity contribution < 1.29 is 24.6 Å². The Bertz CT molecular complexity index is 562. The molecule has 0 bridgehead atoms. The number of carbonyl (C=O) groups excluding carboxylic acids is 2. The number of carbonyl (C=O) groups is 3. The van der Waals surface area contributed by atoms with Crippen molar-refractivity contribution in [3.63, 3.8) is 0 Å². The lowest BCUT2D eigenvalue weighted by molar-refractivity contribution is 0.0511. The number of carboxylic acid groups (broad SMARTS) is 1. The highest BCUT2D eigenvalue weighted by Gasteiger charge is 2.39. The van der Waals surface area contributed by atoms with Crippen LogP contribution in [0.5, 0.6) is 0 Å². The number of imide groups is 1. The Hall–Kier alpha value is -2.21. The Kier molecular flexibility index (Phi) is 3.35. The highest BCUT2D eigenvalue weighted by atomic mass is 16.4. The van der Waals surface area contributed by atoms with Crippen LogP contribution in [-0.4, -0.2) is 45.5 Å². The molecule has 0 saturated heterocycles. The molecule has 1 aliphatic rings. The van der Waals surface area contributed by atoms with Crippen molar-refractivity contribution in [1.29, 1.82) is 0 Å². The van der Waals surface area contributed by atoms with Gasteiger partial charge in [0, 0.05) is 0 Å². The van der Waals surface area contributed by atoms with Gasteiger partial charge in [-0.3, -0.25) is 14.5 Å². The van der Waals surface area contributed by atoms with Gasteiger partial charge in [0.15, 0.2) is 0 Å². The van der Waals surface area contributed by atoms with E-state index in [2.05, 4.69) is 0 Å². The highest BCUT2D eigenvalue weighted by Crippen LogP contribution is 2.26. The van der Waals surface area contributed by atoms with E-state index in [1.807, 2.05) is 0 Å². The molecule has 0 fully saturated rings. The van der Waals surface area contributed by atoms with Crippen molar-refractivity contribution in [2.75, 3.05) is 6.61 Å². The van der Waals surface area contributed by atoms with Crippen LogP contribution in [-0.2, 0) is 0 Å². The molecule has 0 aromatic heterocycles. The van der Waals surface area contributed by atoms with Crippen molar-refractivity contribution in [3.8, 4) is 0 Å². The van der Waals surface area contributed by atoms with Crippen LogP contribution in [0.2, 0.25) is 0 Å². The SMILES string of the molecule is CC[C@@H](CO)N1C(=O)c2ccc(C(=O)O)cc2C1=O. The number of amides is 2. The fourth-order valence-electron chi connectivity index (χ4n) is 2.12. The lowest BCUT2D eigenvalue weighted by Gasteiger charge is -2.22. The lowest BCUT2D eigenvalue weighted by atomic mass is 10.1. The zero-order chi connectivity index (χ0) is 14.2. The molecule has 0 radical (unpaired) electrons. The average Bonchev–Trinajstić information content (AvgIpc) is 2.65. The highest BCUT2D eigenvalue weighted by molar-refractivity contribution is 6.22. The Balaban J connectivity index is 2.47. The molecular weight excluding hydrogens is 250 g/mol. The first-order chi connectivity index (χ1) is 9.01. The molecule has 1 atom stereocenters. The molecule has 0 unspecified atom stereocenters. The van der Waals surface area contributed by atoms with E-state index in [9.17, 15) is 19.5 Å². The van der Waals surface area contributed by atoms with Crippen molar-refractivity contribution in [2.45, 2.75) is 19.4 Å². The van der Waals surface area contributed by atoms with E-state index in [4.69, 9.17) is 5.11 Å². The van der Waals surface area contributed by atoms with Gasteiger partial charge in [-0.05, 0) is 24.6 Å². The lowest BCUT2D eigenvalue weighted by Crippen LogP contribution is -2.41. The van der Waals surface area contributed by atoms with E-state index in [1.165, 1.54) is 18.2 Å². The van der Waals surface area contributed by atoms with Gasteiger partial charge in [0.05, 0.1) is 29.3 Å². The van der Waals surface area contributed by atoms with E-state index in [-0.39, 0.29) is 23.3 Å². The molecular formula is C13H13NO5. The first-order valence-corrected chi connectivity index (χ1v) is 5.87. The maximum atomic E-state index is 12.1. The Morgan fingerprint density at radius 1 is 1.26 bits per heavy atom. The normalized spacial score (nSPS) is 15.6. The first kappa shape index (κ1) is 13.2. The van der Waals surface area contributed by atoms with Crippen molar-refractivity contribution in [2.24, 2.45) is 0 Å². The van der Waals surface area contributed by atoms with Gasteiger partial charge in [0.1, 0.15) is 0 Å². The van der Waals surface area contributed by atoms with Crippen LogP contribution in [0.15, 0.2) is 18.2 Å². The minimum atomic E-state index is -1.16. The van der Waals surface area contributed by atoms with Crippen LogP contribution in [0.25, 0.3) is 0 Å². The molecule has 0 aliphatic carbocycles. The predicted octanol–water partition coefficient (Wildman–Crippen LogP) is 0.752. The third-order valence-electron chi connectivity index (χ3n) is 3.21. The summed E-state index contributed by atoms with van der Waals surface area (Å²) in [5.41, 5.74) is 0.220. The van der Waals surface area contributed by atoms with Gasteiger partial charge in [-0.2, -0.15) is 0 Å². The van der Waals surface area contributed by atoms with Gasteiger partial charge < -0.3 is 10.2 Å². The second-order valence-corrected chi connectivity index (χ2v) is 4.29. The summed E-state index contributed by atoms with van der Waals surface area (Å²) in [4.78, 5) is 36.1. The summed E-state index contributed by atoms with van der Waals surface area (Å²) in [5, 5.41) is 18.1. The number of fused-ring (bicyclic) bond motifs is 1. The van der Waals surface area contributed by atoms with Crippen LogP contribution in [0.3, 0.4) is 0 Å². The van der Waals surface area contributed by atoms with Gasteiger partial charge in [0.25, 0.3) is 11.8 Å². The molecule has 1 aromatic rings. The summed E-state index contributed by atoms with van der Waals surface area (Å²) in [6.45, 7) is 1.45. The van der Waals surface area contributed by atoms with Crippen LogP contribution >= 0.6 is 0 Å². The van der Waals surface area contributed by atoms with Crippen molar-refractivity contribution >= 4 is 17.8 Å². The third kappa shape index (κ3) is 2.00. The Labute approximate surface area is 109 Å². The summed E-state index contributed by atoms with van der Waals surface area (Å²) in [6, 6.07) is 3.24. The fourth-order valence-corrected chi connectivity index (χ4v) is 2.12. The van der Waals surface area contributed by atoms with Gasteiger partial charge in [-0.25, -0.2) is 4.79 Å². The summed E-state index contributed by atoms with van der Waals surface area (Å²) in [6.07, 6.45) is 0.438. The Morgan fingerprint density at radius 2 is 1.89 bits per heavy atom. The molecule has 2 N–H and O–H groups in total. The fraction of sp³-hybridized carbons (Fsp3) is 0.308. The number of aliphatic hydroxyl groups excluding tert-OH is 1. The minimum Gasteiger partial charge on any atom is -0.478 e. The van der Waals surface area contributed by atoms with E-state index < -0.39 is 23.8 Å². The number of benzene rings is 1. The predicted molar refractivity (Wildman–Crippen MR) is 65.1 cm³/mol. The molecule has 1 aliphatic heterocycles. The number of carboxylic acids is 1. The van der Waals surface area contributed by atoms with Gasteiger partial charge in [-0.1, -0.05) is 6.92 Å². The number of aromatic carboxylic acids is 1. The van der Waals surface area contributed by atoms with E-state index in [1.54, 1.807) is 6.92 Å². The minimum absolute atomic E-state index is 0.0428. The zero-order valence-electron chi connectivity index (χ0n) is 10.3. The number of hydrogen-bond acceptors (Lipinski definition) is 4. The third-order valence-corrected chi connectivity index (χ3v) is 3.21. The van der Waals surface area contributed by atoms with Crippen molar-refractivity contribution in [1.82, 2.24) is 4.90 Å². The number of hydrogen-bond donors (Lipinski definition) is 2. The molecule has 2 rings (SSSR count). The van der Waals surface area contributed by atoms with Crippen LogP contribution in [0, 0.1) is 0 Å². The quantitative estimate of drug-likeness (QED) is 0.782. The number of rotatable bonds is 4. The molecule has 1 heterocycles. The zero-order valence-corrected chi connectivity index (χ0v) is 10.3. The van der Waals surface area contributed by atoms with E-state index >= 15 is 0 Å². The number of nitrogens with zero attached hydrogens (tertiary/aromatic N) is 1. The molecule has 6 heteroatoms. The standard InChI is InChI=1S/C13H13NO5/c1-2-8(6-15)14-11(16)9-4-3-7(13(18)19)5-10(9)12(14)17/h3-5,8,15H,2,6H2,1H3,(H,18,19)/t8-/m0/s1. The molecule has 100 valence electrons. The molecule has 2 amide bonds. The largest absolute Gasteiger partial charge is 0.478 e. The van der Waals surface area contributed by atoms with E-state index in [0.717, 1.165) is 4.90 Å².